The molecule has 0 amide bonds. The summed E-state index contributed by atoms with van der Waals surface area (Å²) in [6, 6.07) is 11.4. The molecule has 3 nitrogen and oxygen atoms in total. The van der Waals surface area contributed by atoms with Gasteiger partial charge in [0.1, 0.15) is 0 Å². The van der Waals surface area contributed by atoms with Crippen molar-refractivity contribution >= 4 is 27.5 Å². The maximum absolute atomic E-state index is 11.5. The van der Waals surface area contributed by atoms with Crippen LogP contribution in [0.25, 0.3) is 16.3 Å². The maximum Gasteiger partial charge on any atom is 0.176 e. The zero-order valence-corrected chi connectivity index (χ0v) is 7.95. The van der Waals surface area contributed by atoms with Crippen molar-refractivity contribution in [3.63, 3.8) is 0 Å². The largest absolute Gasteiger partial charge is 0.546 e. The van der Waals surface area contributed by atoms with E-state index in [1.807, 2.05) is 30.3 Å². The summed E-state index contributed by atoms with van der Waals surface area (Å²) in [7, 11) is 0. The quantitative estimate of drug-likeness (QED) is 0.662. The fourth-order valence-corrected chi connectivity index (χ4v) is 2.42. The summed E-state index contributed by atoms with van der Waals surface area (Å²) in [5.74, 6) is 0. The topological polar surface area (TPSA) is 40.4 Å². The van der Waals surface area contributed by atoms with Crippen LogP contribution in [0.15, 0.2) is 41.3 Å². The van der Waals surface area contributed by atoms with Crippen molar-refractivity contribution in [1.29, 1.82) is 0 Å². The Kier molecular flexibility index (Phi) is 1.59. The third-order valence-corrected chi connectivity index (χ3v) is 3.14. The number of hydrogen-bond donors (Lipinski definition) is 0. The van der Waals surface area contributed by atoms with E-state index in [4.69, 9.17) is 4.28 Å². The molecule has 2 aromatic carbocycles. The van der Waals surface area contributed by atoms with Crippen molar-refractivity contribution in [2.24, 2.45) is 0 Å². The van der Waals surface area contributed by atoms with Crippen LogP contribution in [-0.4, -0.2) is 4.21 Å². The summed E-state index contributed by atoms with van der Waals surface area (Å²) in [4.78, 5) is 0.702. The molecule has 0 spiro atoms. The summed E-state index contributed by atoms with van der Waals surface area (Å²) in [5.41, 5.74) is 4.54. The predicted molar refractivity (Wildman–Crippen MR) is 54.5 cm³/mol. The second-order valence-electron chi connectivity index (χ2n) is 3.03. The van der Waals surface area contributed by atoms with Gasteiger partial charge in [0.25, 0.3) is 0 Å². The van der Waals surface area contributed by atoms with Gasteiger partial charge >= 0.3 is 0 Å². The first-order valence-electron chi connectivity index (χ1n) is 4.18. The minimum atomic E-state index is -1.46. The molecule has 14 heavy (non-hydrogen) atoms. The molecule has 0 radical (unpaired) electrons. The van der Waals surface area contributed by atoms with Gasteiger partial charge in [0.2, 0.25) is 0 Å². The van der Waals surface area contributed by atoms with E-state index in [2.05, 4.69) is 5.48 Å². The molecule has 1 aliphatic heterocycles. The van der Waals surface area contributed by atoms with E-state index in [1.165, 1.54) is 0 Å². The second-order valence-corrected chi connectivity index (χ2v) is 4.09. The van der Waals surface area contributed by atoms with Gasteiger partial charge in [-0.15, -0.1) is 5.69 Å². The van der Waals surface area contributed by atoms with Gasteiger partial charge in [-0.2, -0.15) is 0 Å². The van der Waals surface area contributed by atoms with Crippen molar-refractivity contribution in [3.8, 4) is 0 Å². The molecule has 1 heterocycles. The Bertz CT molecular complexity index is 533. The standard InChI is InChI=1S/C10H6NO2S/c12-14-9-6-2-4-7-3-1-5-8(10(7)9)11-13-14/h1-6H/q-1. The van der Waals surface area contributed by atoms with Crippen LogP contribution in [-0.2, 0) is 15.4 Å². The molecule has 0 N–H and O–H groups in total. The van der Waals surface area contributed by atoms with Crippen molar-refractivity contribution in [1.82, 2.24) is 0 Å². The number of hydrogen-bond acceptors (Lipinski definition) is 2. The van der Waals surface area contributed by atoms with Gasteiger partial charge in [-0.05, 0) is 16.8 Å². The first-order valence-corrected chi connectivity index (χ1v) is 5.26. The lowest BCUT2D eigenvalue weighted by Crippen LogP contribution is -1.99. The molecule has 0 saturated heterocycles. The summed E-state index contributed by atoms with van der Waals surface area (Å²) in [6.45, 7) is 0. The van der Waals surface area contributed by atoms with E-state index in [0.717, 1.165) is 16.5 Å². The fourth-order valence-electron chi connectivity index (χ4n) is 1.62. The highest BCUT2D eigenvalue weighted by atomic mass is 32.2. The van der Waals surface area contributed by atoms with Crippen molar-refractivity contribution in [2.45, 2.75) is 4.90 Å². The van der Waals surface area contributed by atoms with Crippen LogP contribution in [0.3, 0.4) is 0 Å². The average molecular weight is 204 g/mol. The molecule has 1 aliphatic rings. The zero-order valence-electron chi connectivity index (χ0n) is 7.14. The first kappa shape index (κ1) is 7.96. The lowest BCUT2D eigenvalue weighted by atomic mass is 10.1. The van der Waals surface area contributed by atoms with E-state index in [-0.39, 0.29) is 0 Å². The van der Waals surface area contributed by atoms with Gasteiger partial charge in [-0.25, -0.2) is 4.21 Å². The maximum atomic E-state index is 11.5. The molecule has 2 aromatic rings. The average Bonchev–Trinajstić information content (AvgIpc) is 2.24. The molecular formula is C10H6NO2S-. The van der Waals surface area contributed by atoms with Crippen LogP contribution in [0.5, 0.6) is 0 Å². The van der Waals surface area contributed by atoms with Crippen molar-refractivity contribution < 1.29 is 8.49 Å². The molecule has 0 aromatic heterocycles. The third-order valence-electron chi connectivity index (χ3n) is 2.23. The molecule has 0 saturated carbocycles. The monoisotopic (exact) mass is 204 g/mol. The van der Waals surface area contributed by atoms with Crippen LogP contribution in [0.2, 0.25) is 0 Å². The minimum absolute atomic E-state index is 0.702. The molecule has 0 aliphatic carbocycles. The smallest absolute Gasteiger partial charge is 0.176 e. The summed E-state index contributed by atoms with van der Waals surface area (Å²) in [6.07, 6.45) is 0. The van der Waals surface area contributed by atoms with Gasteiger partial charge in [0.05, 0.1) is 4.90 Å². The molecular weight excluding hydrogens is 198 g/mol. The van der Waals surface area contributed by atoms with E-state index >= 15 is 0 Å². The molecule has 70 valence electrons. The van der Waals surface area contributed by atoms with Crippen LogP contribution in [0.1, 0.15) is 0 Å². The summed E-state index contributed by atoms with van der Waals surface area (Å²) < 4.78 is 16.3. The number of nitrogens with zero attached hydrogens (tertiary/aromatic N) is 1. The number of benzene rings is 2. The Morgan fingerprint density at radius 1 is 1.14 bits per heavy atom. The zero-order chi connectivity index (χ0) is 9.54. The molecule has 0 fully saturated rings. The normalized spacial score (nSPS) is 19.3. The lowest BCUT2D eigenvalue weighted by Gasteiger charge is -2.28. The van der Waals surface area contributed by atoms with E-state index in [9.17, 15) is 4.21 Å². The Hall–Kier alpha value is -1.39. The highest BCUT2D eigenvalue weighted by Crippen LogP contribution is 2.38. The van der Waals surface area contributed by atoms with E-state index in [1.54, 1.807) is 6.07 Å². The van der Waals surface area contributed by atoms with Gasteiger partial charge in [0.15, 0.2) is 11.1 Å². The van der Waals surface area contributed by atoms with E-state index in [0.29, 0.717) is 4.90 Å². The Labute approximate surface area is 83.3 Å². The summed E-state index contributed by atoms with van der Waals surface area (Å²) in [5, 5.41) is 1.97. The summed E-state index contributed by atoms with van der Waals surface area (Å²) >= 11 is -1.46. The highest BCUT2D eigenvalue weighted by Gasteiger charge is 2.11. The fraction of sp³-hybridized carbons (Fsp3) is 0. The number of rotatable bonds is 0. The van der Waals surface area contributed by atoms with Gasteiger partial charge in [0, 0.05) is 0 Å². The van der Waals surface area contributed by atoms with Gasteiger partial charge in [-0.3, -0.25) is 0 Å². The van der Waals surface area contributed by atoms with Crippen molar-refractivity contribution in [2.75, 3.05) is 0 Å². The predicted octanol–water partition coefficient (Wildman–Crippen LogP) is 2.81. The highest BCUT2D eigenvalue weighted by molar-refractivity contribution is 7.80. The SMILES string of the molecule is O=S1O[N-]c2cccc3cccc1c23. The molecule has 0 bridgehead atoms. The van der Waals surface area contributed by atoms with Crippen LogP contribution in [0.4, 0.5) is 5.69 Å². The molecule has 4 heteroatoms. The van der Waals surface area contributed by atoms with Gasteiger partial charge < -0.3 is 9.76 Å². The molecule has 1 atom stereocenters. The van der Waals surface area contributed by atoms with Crippen LogP contribution in [0, 0.1) is 0 Å². The molecule has 3 rings (SSSR count). The Morgan fingerprint density at radius 2 is 1.93 bits per heavy atom. The van der Waals surface area contributed by atoms with Crippen LogP contribution < -0.4 is 0 Å². The van der Waals surface area contributed by atoms with E-state index < -0.39 is 11.1 Å². The first-order chi connectivity index (χ1) is 6.86. The second kappa shape index (κ2) is 2.80. The lowest BCUT2D eigenvalue weighted by molar-refractivity contribution is 0.476. The van der Waals surface area contributed by atoms with Gasteiger partial charge in [-0.1, -0.05) is 30.3 Å². The Balaban J connectivity index is 2.52. The van der Waals surface area contributed by atoms with Crippen LogP contribution >= 0.6 is 0 Å². The third kappa shape index (κ3) is 0.981. The molecule has 1 unspecified atom stereocenters. The minimum Gasteiger partial charge on any atom is -0.546 e. The van der Waals surface area contributed by atoms with Crippen molar-refractivity contribution in [3.05, 3.63) is 41.9 Å². The Morgan fingerprint density at radius 3 is 2.79 bits per heavy atom.